The Hall–Kier alpha value is -3.05. The molecule has 0 bridgehead atoms. The lowest BCUT2D eigenvalue weighted by Crippen LogP contribution is -2.54. The van der Waals surface area contributed by atoms with Gasteiger partial charge in [-0.3, -0.25) is 9.48 Å². The summed E-state index contributed by atoms with van der Waals surface area (Å²) in [6.45, 7) is 6.91. The molecule has 1 saturated heterocycles. The number of nitrogens with zero attached hydrogens (tertiary/aromatic N) is 7. The lowest BCUT2D eigenvalue weighted by atomic mass is 10.1. The average molecular weight is 513 g/mol. The van der Waals surface area contributed by atoms with Crippen molar-refractivity contribution in [2.45, 2.75) is 39.0 Å². The SMILES string of the molecule is C[C@@H]1CN(C(=O)[C@@H](C)Nc2nc3c(Br)cccc3c3nc(-c4cnn(C)c4)nn23)[C@H](C)CO1. The van der Waals surface area contributed by atoms with E-state index < -0.39 is 6.04 Å². The van der Waals surface area contributed by atoms with Gasteiger partial charge in [-0.05, 0) is 48.8 Å². The van der Waals surface area contributed by atoms with Crippen LogP contribution in [0.5, 0.6) is 0 Å². The highest BCUT2D eigenvalue weighted by Crippen LogP contribution is 2.29. The van der Waals surface area contributed by atoms with Crippen molar-refractivity contribution >= 4 is 44.3 Å². The van der Waals surface area contributed by atoms with Crippen molar-refractivity contribution in [2.24, 2.45) is 7.05 Å². The van der Waals surface area contributed by atoms with Crippen LogP contribution in [0.15, 0.2) is 35.1 Å². The monoisotopic (exact) mass is 512 g/mol. The molecule has 3 aromatic heterocycles. The highest BCUT2D eigenvalue weighted by molar-refractivity contribution is 9.10. The van der Waals surface area contributed by atoms with Gasteiger partial charge in [-0.25, -0.2) is 9.97 Å². The fraction of sp³-hybridized carbons (Fsp3) is 0.409. The fourth-order valence-electron chi connectivity index (χ4n) is 4.06. The number of carbonyl (C=O) groups excluding carboxylic acids is 1. The number of hydrogen-bond donors (Lipinski definition) is 1. The maximum absolute atomic E-state index is 13.3. The molecule has 10 nitrogen and oxygen atoms in total. The maximum Gasteiger partial charge on any atom is 0.245 e. The first-order valence-electron chi connectivity index (χ1n) is 10.8. The van der Waals surface area contributed by atoms with Gasteiger partial charge in [0.25, 0.3) is 0 Å². The van der Waals surface area contributed by atoms with Crippen molar-refractivity contribution in [1.29, 1.82) is 0 Å². The van der Waals surface area contributed by atoms with Crippen LogP contribution >= 0.6 is 15.9 Å². The summed E-state index contributed by atoms with van der Waals surface area (Å²) in [6, 6.07) is 5.32. The van der Waals surface area contributed by atoms with Gasteiger partial charge >= 0.3 is 0 Å². The van der Waals surface area contributed by atoms with Crippen LogP contribution in [0.3, 0.4) is 0 Å². The molecule has 1 aliphatic heterocycles. The molecule has 1 amide bonds. The topological polar surface area (TPSA) is 102 Å². The number of hydrogen-bond acceptors (Lipinski definition) is 7. The van der Waals surface area contributed by atoms with Crippen LogP contribution in [0.1, 0.15) is 20.8 Å². The van der Waals surface area contributed by atoms with E-state index in [0.717, 1.165) is 20.9 Å². The summed E-state index contributed by atoms with van der Waals surface area (Å²) >= 11 is 3.59. The molecular weight excluding hydrogens is 488 g/mol. The zero-order chi connectivity index (χ0) is 23.3. The predicted molar refractivity (Wildman–Crippen MR) is 128 cm³/mol. The number of aryl methyl sites for hydroxylation is 1. The molecule has 0 saturated carbocycles. The highest BCUT2D eigenvalue weighted by atomic mass is 79.9. The Bertz CT molecular complexity index is 1350. The van der Waals surface area contributed by atoms with Crippen molar-refractivity contribution in [3.05, 3.63) is 35.1 Å². The molecule has 0 radical (unpaired) electrons. The van der Waals surface area contributed by atoms with E-state index in [1.54, 1.807) is 15.4 Å². The third-order valence-corrected chi connectivity index (χ3v) is 6.46. The van der Waals surface area contributed by atoms with Gasteiger partial charge in [0.15, 0.2) is 11.5 Å². The Morgan fingerprint density at radius 2 is 2.12 bits per heavy atom. The quantitative estimate of drug-likeness (QED) is 0.448. The molecule has 1 fully saturated rings. The minimum absolute atomic E-state index is 0.00702. The molecule has 3 atom stereocenters. The van der Waals surface area contributed by atoms with Crippen LogP contribution in [0, 0.1) is 0 Å². The van der Waals surface area contributed by atoms with Gasteiger partial charge in [-0.1, -0.05) is 6.07 Å². The van der Waals surface area contributed by atoms with Gasteiger partial charge in [-0.15, -0.1) is 5.10 Å². The summed E-state index contributed by atoms with van der Waals surface area (Å²) in [6.07, 6.45) is 3.59. The van der Waals surface area contributed by atoms with E-state index in [2.05, 4.69) is 26.3 Å². The first-order valence-corrected chi connectivity index (χ1v) is 11.6. The molecule has 11 heteroatoms. The number of fused-ring (bicyclic) bond motifs is 3. The van der Waals surface area contributed by atoms with Gasteiger partial charge in [-0.2, -0.15) is 9.61 Å². The number of para-hydroxylation sites is 1. The second kappa shape index (κ2) is 8.38. The number of anilines is 1. The summed E-state index contributed by atoms with van der Waals surface area (Å²) in [5, 5.41) is 13.1. The number of halogens is 1. The number of morpholine rings is 1. The standard InChI is InChI=1S/C22H25BrN8O2/c1-12-11-33-13(2)9-30(12)21(32)14(3)25-22-26-18-16(6-5-7-17(18)23)20-27-19(28-31(20)22)15-8-24-29(4)10-15/h5-8,10,12-14H,9,11H2,1-4H3,(H,25,26)/t12-,13-,14-/m1/s1. The molecule has 1 aromatic carbocycles. The summed E-state index contributed by atoms with van der Waals surface area (Å²) in [4.78, 5) is 24.7. The molecular formula is C22H25BrN8O2. The second-order valence-corrected chi connectivity index (χ2v) is 9.35. The summed E-state index contributed by atoms with van der Waals surface area (Å²) < 4.78 is 9.88. The van der Waals surface area contributed by atoms with E-state index in [-0.39, 0.29) is 18.1 Å². The molecule has 0 spiro atoms. The number of nitrogens with one attached hydrogen (secondary N) is 1. The smallest absolute Gasteiger partial charge is 0.245 e. The first kappa shape index (κ1) is 21.8. The lowest BCUT2D eigenvalue weighted by Gasteiger charge is -2.38. The fourth-order valence-corrected chi connectivity index (χ4v) is 4.52. The number of benzene rings is 1. The minimum Gasteiger partial charge on any atom is -0.375 e. The zero-order valence-electron chi connectivity index (χ0n) is 18.9. The number of ether oxygens (including phenoxy) is 1. The van der Waals surface area contributed by atoms with Crippen LogP contribution in [-0.4, -0.2) is 71.5 Å². The molecule has 1 aliphatic rings. The average Bonchev–Trinajstić information content (AvgIpc) is 3.42. The van der Waals surface area contributed by atoms with E-state index >= 15 is 0 Å². The molecule has 33 heavy (non-hydrogen) atoms. The third-order valence-electron chi connectivity index (χ3n) is 5.82. The first-order chi connectivity index (χ1) is 15.8. The number of carbonyl (C=O) groups is 1. The molecule has 0 unspecified atom stereocenters. The van der Waals surface area contributed by atoms with E-state index in [0.29, 0.717) is 30.6 Å². The third kappa shape index (κ3) is 3.95. The number of amides is 1. The predicted octanol–water partition coefficient (Wildman–Crippen LogP) is 2.88. The van der Waals surface area contributed by atoms with Gasteiger partial charge in [0.2, 0.25) is 11.9 Å². The molecule has 1 N–H and O–H groups in total. The van der Waals surface area contributed by atoms with Crippen LogP contribution in [0.2, 0.25) is 0 Å². The van der Waals surface area contributed by atoms with Gasteiger partial charge < -0.3 is 15.0 Å². The van der Waals surface area contributed by atoms with Gasteiger partial charge in [0, 0.05) is 29.6 Å². The molecule has 0 aliphatic carbocycles. The highest BCUT2D eigenvalue weighted by Gasteiger charge is 2.31. The van der Waals surface area contributed by atoms with Gasteiger partial charge in [0.1, 0.15) is 6.04 Å². The maximum atomic E-state index is 13.3. The minimum atomic E-state index is -0.514. The Morgan fingerprint density at radius 1 is 1.30 bits per heavy atom. The van der Waals surface area contributed by atoms with E-state index in [4.69, 9.17) is 19.8 Å². The normalized spacial score (nSPS) is 19.8. The van der Waals surface area contributed by atoms with Crippen LogP contribution < -0.4 is 5.32 Å². The lowest BCUT2D eigenvalue weighted by molar-refractivity contribution is -0.143. The van der Waals surface area contributed by atoms with E-state index in [1.807, 2.05) is 57.1 Å². The molecule has 4 heterocycles. The molecule has 5 rings (SSSR count). The van der Waals surface area contributed by atoms with Crippen molar-refractivity contribution in [1.82, 2.24) is 34.3 Å². The van der Waals surface area contributed by atoms with Crippen molar-refractivity contribution < 1.29 is 9.53 Å². The van der Waals surface area contributed by atoms with Crippen molar-refractivity contribution in [3.63, 3.8) is 0 Å². The number of aromatic nitrogens is 6. The van der Waals surface area contributed by atoms with Crippen molar-refractivity contribution in [2.75, 3.05) is 18.5 Å². The number of rotatable bonds is 4. The summed E-state index contributed by atoms with van der Waals surface area (Å²) in [7, 11) is 1.85. The summed E-state index contributed by atoms with van der Waals surface area (Å²) in [5.41, 5.74) is 2.19. The van der Waals surface area contributed by atoms with Crippen molar-refractivity contribution in [3.8, 4) is 11.4 Å². The van der Waals surface area contributed by atoms with E-state index in [9.17, 15) is 4.79 Å². The summed E-state index contributed by atoms with van der Waals surface area (Å²) in [5.74, 6) is 0.976. The Morgan fingerprint density at radius 3 is 2.88 bits per heavy atom. The van der Waals surface area contributed by atoms with E-state index in [1.165, 1.54) is 0 Å². The second-order valence-electron chi connectivity index (χ2n) is 8.49. The Kier molecular flexibility index (Phi) is 5.53. The van der Waals surface area contributed by atoms with Gasteiger partial charge in [0.05, 0.1) is 36.0 Å². The Labute approximate surface area is 199 Å². The van der Waals surface area contributed by atoms with Crippen LogP contribution in [0.4, 0.5) is 5.95 Å². The largest absolute Gasteiger partial charge is 0.375 e. The molecule has 4 aromatic rings. The zero-order valence-corrected chi connectivity index (χ0v) is 20.4. The van der Waals surface area contributed by atoms with Crippen LogP contribution in [-0.2, 0) is 16.6 Å². The molecule has 172 valence electrons. The Balaban J connectivity index is 1.57. The van der Waals surface area contributed by atoms with Crippen LogP contribution in [0.25, 0.3) is 27.9 Å².